The number of hydrogen-bond donors (Lipinski definition) is 4. The maximum atomic E-state index is 11.5. The molecule has 1 amide bonds. The fourth-order valence-electron chi connectivity index (χ4n) is 1.27. The number of carboxylic acid groups (broad SMARTS) is 1. The van der Waals surface area contributed by atoms with Gasteiger partial charge in [-0.25, -0.2) is 8.42 Å². The van der Waals surface area contributed by atoms with E-state index in [-0.39, 0.29) is 18.7 Å². The molecule has 0 saturated carbocycles. The van der Waals surface area contributed by atoms with E-state index in [1.165, 1.54) is 6.92 Å². The van der Waals surface area contributed by atoms with Crippen LogP contribution < -0.4 is 11.1 Å². The molecule has 0 bridgehead atoms. The second kappa shape index (κ2) is 6.83. The van der Waals surface area contributed by atoms with Crippen molar-refractivity contribution in [1.82, 2.24) is 5.32 Å². The number of hydrogen-bond acceptors (Lipinski definition) is 6. The lowest BCUT2D eigenvalue weighted by Gasteiger charge is -2.22. The number of aliphatic carboxylic acids is 1. The molecule has 0 aliphatic carbocycles. The number of sulfone groups is 1. The molecule has 5 N–H and O–H groups in total. The van der Waals surface area contributed by atoms with E-state index in [1.54, 1.807) is 0 Å². The van der Waals surface area contributed by atoms with Crippen LogP contribution in [0.2, 0.25) is 0 Å². The summed E-state index contributed by atoms with van der Waals surface area (Å²) >= 11 is 0. The molecule has 19 heavy (non-hydrogen) atoms. The molecule has 0 aromatic rings. The van der Waals surface area contributed by atoms with Crippen molar-refractivity contribution in [3.63, 3.8) is 0 Å². The first-order chi connectivity index (χ1) is 8.43. The number of nitrogens with one attached hydrogen (secondary N) is 1. The summed E-state index contributed by atoms with van der Waals surface area (Å²) in [6.45, 7) is 0.994. The van der Waals surface area contributed by atoms with E-state index in [0.717, 1.165) is 6.26 Å². The normalized spacial score (nSPS) is 16.4. The average Bonchev–Trinajstić information content (AvgIpc) is 2.19. The number of carboxylic acids is 1. The minimum Gasteiger partial charge on any atom is -0.481 e. The molecule has 0 rings (SSSR count). The van der Waals surface area contributed by atoms with Crippen LogP contribution in [0.4, 0.5) is 0 Å². The summed E-state index contributed by atoms with van der Waals surface area (Å²) in [5, 5.41) is 20.5. The number of aliphatic hydroxyl groups is 1. The first-order valence-electron chi connectivity index (χ1n) is 5.58. The fraction of sp³-hybridized carbons (Fsp3) is 0.800. The van der Waals surface area contributed by atoms with Gasteiger partial charge >= 0.3 is 5.97 Å². The van der Waals surface area contributed by atoms with Gasteiger partial charge in [-0.05, 0) is 13.3 Å². The summed E-state index contributed by atoms with van der Waals surface area (Å²) in [4.78, 5) is 21.9. The van der Waals surface area contributed by atoms with Crippen LogP contribution in [0, 0.1) is 0 Å². The Morgan fingerprint density at radius 1 is 1.42 bits per heavy atom. The van der Waals surface area contributed by atoms with Gasteiger partial charge in [0.15, 0.2) is 0 Å². The van der Waals surface area contributed by atoms with Crippen LogP contribution in [0.1, 0.15) is 19.8 Å². The first kappa shape index (κ1) is 17.8. The molecule has 0 aromatic heterocycles. The molecule has 2 unspecified atom stereocenters. The zero-order valence-corrected chi connectivity index (χ0v) is 11.7. The standard InChI is InChI=1S/C10H20N2O6S/c1-10(16,5-8(13)14)6-12-9(15)7(11)3-4-19(2,17)18/h7,16H,3-6,11H2,1-2H3,(H,12,15)(H,13,14). The minimum absolute atomic E-state index is 0.0360. The van der Waals surface area contributed by atoms with Gasteiger partial charge in [0.1, 0.15) is 9.84 Å². The van der Waals surface area contributed by atoms with Crippen molar-refractivity contribution in [1.29, 1.82) is 0 Å². The summed E-state index contributed by atoms with van der Waals surface area (Å²) in [7, 11) is -3.20. The van der Waals surface area contributed by atoms with Crippen molar-refractivity contribution in [3.8, 4) is 0 Å². The Kier molecular flexibility index (Phi) is 6.40. The predicted molar refractivity (Wildman–Crippen MR) is 68.2 cm³/mol. The molecule has 0 aromatic carbocycles. The van der Waals surface area contributed by atoms with E-state index in [0.29, 0.717) is 0 Å². The summed E-state index contributed by atoms with van der Waals surface area (Å²) in [6.07, 6.45) is 0.479. The van der Waals surface area contributed by atoms with Gasteiger partial charge in [-0.2, -0.15) is 0 Å². The van der Waals surface area contributed by atoms with Crippen LogP contribution in [0.25, 0.3) is 0 Å². The van der Waals surface area contributed by atoms with E-state index in [1.807, 2.05) is 0 Å². The molecule has 0 spiro atoms. The number of amides is 1. The summed E-state index contributed by atoms with van der Waals surface area (Å²) in [5.41, 5.74) is 3.90. The predicted octanol–water partition coefficient (Wildman–Crippen LogP) is -1.91. The maximum absolute atomic E-state index is 11.5. The highest BCUT2D eigenvalue weighted by atomic mass is 32.2. The maximum Gasteiger partial charge on any atom is 0.306 e. The number of carbonyl (C=O) groups excluding carboxylic acids is 1. The lowest BCUT2D eigenvalue weighted by molar-refractivity contribution is -0.142. The third kappa shape index (κ3) is 9.40. The molecule has 0 radical (unpaired) electrons. The van der Waals surface area contributed by atoms with Gasteiger partial charge in [-0.15, -0.1) is 0 Å². The quantitative estimate of drug-likeness (QED) is 0.408. The zero-order chi connectivity index (χ0) is 15.3. The average molecular weight is 296 g/mol. The van der Waals surface area contributed by atoms with Crippen LogP contribution in [0.5, 0.6) is 0 Å². The van der Waals surface area contributed by atoms with E-state index in [2.05, 4.69) is 5.32 Å². The number of nitrogens with two attached hydrogens (primary N) is 1. The Morgan fingerprint density at radius 3 is 2.37 bits per heavy atom. The van der Waals surface area contributed by atoms with Crippen LogP contribution in [-0.4, -0.2) is 60.7 Å². The van der Waals surface area contributed by atoms with Gasteiger partial charge in [-0.3, -0.25) is 9.59 Å². The zero-order valence-electron chi connectivity index (χ0n) is 10.9. The van der Waals surface area contributed by atoms with E-state index < -0.39 is 39.8 Å². The van der Waals surface area contributed by atoms with Crippen molar-refractivity contribution in [2.45, 2.75) is 31.4 Å². The highest BCUT2D eigenvalue weighted by Gasteiger charge is 2.26. The summed E-state index contributed by atoms with van der Waals surface area (Å²) < 4.78 is 21.8. The van der Waals surface area contributed by atoms with Gasteiger partial charge in [0.2, 0.25) is 5.91 Å². The SMILES string of the molecule is CC(O)(CNC(=O)C(N)CCS(C)(=O)=O)CC(=O)O. The molecule has 0 aliphatic rings. The Bertz CT molecular complexity index is 431. The summed E-state index contributed by atoms with van der Waals surface area (Å²) in [6, 6.07) is -1.02. The monoisotopic (exact) mass is 296 g/mol. The lowest BCUT2D eigenvalue weighted by atomic mass is 10.0. The number of carbonyl (C=O) groups is 2. The van der Waals surface area contributed by atoms with Crippen molar-refractivity contribution in [2.24, 2.45) is 5.73 Å². The van der Waals surface area contributed by atoms with Gasteiger partial charge in [-0.1, -0.05) is 0 Å². The van der Waals surface area contributed by atoms with Gasteiger partial charge in [0.05, 0.1) is 23.8 Å². The topological polar surface area (TPSA) is 147 Å². The van der Waals surface area contributed by atoms with Crippen LogP contribution in [0.15, 0.2) is 0 Å². The Hall–Kier alpha value is -1.19. The highest BCUT2D eigenvalue weighted by Crippen LogP contribution is 2.07. The van der Waals surface area contributed by atoms with E-state index >= 15 is 0 Å². The third-order valence-corrected chi connectivity index (χ3v) is 3.29. The Labute approximate surface area is 111 Å². The molecule has 0 fully saturated rings. The van der Waals surface area contributed by atoms with Crippen LogP contribution >= 0.6 is 0 Å². The fourth-order valence-corrected chi connectivity index (χ4v) is 1.95. The van der Waals surface area contributed by atoms with Crippen molar-refractivity contribution in [3.05, 3.63) is 0 Å². The summed E-state index contributed by atoms with van der Waals surface area (Å²) in [5.74, 6) is -2.04. The minimum atomic E-state index is -3.20. The van der Waals surface area contributed by atoms with Crippen LogP contribution in [0.3, 0.4) is 0 Å². The lowest BCUT2D eigenvalue weighted by Crippen LogP contribution is -2.48. The molecule has 0 saturated heterocycles. The van der Waals surface area contributed by atoms with E-state index in [9.17, 15) is 23.1 Å². The molecule has 112 valence electrons. The van der Waals surface area contributed by atoms with Crippen molar-refractivity contribution < 1.29 is 28.2 Å². The molecular formula is C10H20N2O6S. The molecule has 8 nitrogen and oxygen atoms in total. The second-order valence-electron chi connectivity index (χ2n) is 4.81. The second-order valence-corrected chi connectivity index (χ2v) is 7.07. The Morgan fingerprint density at radius 2 is 1.95 bits per heavy atom. The first-order valence-corrected chi connectivity index (χ1v) is 7.64. The van der Waals surface area contributed by atoms with Crippen LogP contribution in [-0.2, 0) is 19.4 Å². The van der Waals surface area contributed by atoms with Gasteiger partial charge in [0, 0.05) is 12.8 Å². The number of rotatable bonds is 8. The molecule has 0 heterocycles. The van der Waals surface area contributed by atoms with E-state index in [4.69, 9.17) is 10.8 Å². The van der Waals surface area contributed by atoms with Gasteiger partial charge in [0.25, 0.3) is 0 Å². The molecule has 2 atom stereocenters. The highest BCUT2D eigenvalue weighted by molar-refractivity contribution is 7.90. The molecule has 9 heteroatoms. The smallest absolute Gasteiger partial charge is 0.306 e. The third-order valence-electron chi connectivity index (χ3n) is 2.31. The van der Waals surface area contributed by atoms with Crippen molar-refractivity contribution >= 4 is 21.7 Å². The molecule has 0 aliphatic heterocycles. The molecular weight excluding hydrogens is 276 g/mol. The Balaban J connectivity index is 4.20. The largest absolute Gasteiger partial charge is 0.481 e. The van der Waals surface area contributed by atoms with Gasteiger partial charge < -0.3 is 21.3 Å². The van der Waals surface area contributed by atoms with Crippen molar-refractivity contribution in [2.75, 3.05) is 18.6 Å².